The first kappa shape index (κ1) is 13.1. The number of hydrogen-bond acceptors (Lipinski definition) is 2. The Kier molecular flexibility index (Phi) is 3.50. The van der Waals surface area contributed by atoms with E-state index in [1.54, 1.807) is 0 Å². The Balaban J connectivity index is 2.27. The van der Waals surface area contributed by atoms with Crippen molar-refractivity contribution in [1.29, 1.82) is 0 Å². The highest BCUT2D eigenvalue weighted by atomic mass is 19.1. The molecule has 0 saturated carbocycles. The zero-order chi connectivity index (χ0) is 14.0. The molecule has 19 heavy (non-hydrogen) atoms. The van der Waals surface area contributed by atoms with Gasteiger partial charge in [0.15, 0.2) is 0 Å². The number of pyridine rings is 1. The lowest BCUT2D eigenvalue weighted by Crippen LogP contribution is -2.15. The van der Waals surface area contributed by atoms with Gasteiger partial charge in [-0.3, -0.25) is 4.79 Å². The second-order valence-corrected chi connectivity index (χ2v) is 3.88. The van der Waals surface area contributed by atoms with Gasteiger partial charge < -0.3 is 5.32 Å². The fourth-order valence-electron chi connectivity index (χ4n) is 1.46. The Morgan fingerprint density at radius 3 is 2.58 bits per heavy atom. The minimum absolute atomic E-state index is 0.124. The van der Waals surface area contributed by atoms with Crippen LogP contribution in [0.15, 0.2) is 30.3 Å². The monoisotopic (exact) mass is 266 g/mol. The first-order chi connectivity index (χ1) is 8.97. The van der Waals surface area contributed by atoms with E-state index in [0.717, 1.165) is 18.2 Å². The number of carbonyl (C=O) groups is 1. The molecule has 0 aliphatic heterocycles. The summed E-state index contributed by atoms with van der Waals surface area (Å²) in [4.78, 5) is 15.0. The minimum atomic E-state index is -0.830. The van der Waals surface area contributed by atoms with Gasteiger partial charge in [-0.2, -0.15) is 4.39 Å². The highest BCUT2D eigenvalue weighted by Crippen LogP contribution is 2.19. The standard InChI is InChI=1S/C13H9F3N2O/c1-7-5-9(15)11(6-8(7)14)18-13(19)10-3-2-4-12(16)17-10/h2-6H,1H3,(H,18,19). The maximum Gasteiger partial charge on any atom is 0.274 e. The van der Waals surface area contributed by atoms with E-state index in [2.05, 4.69) is 10.3 Å². The van der Waals surface area contributed by atoms with Gasteiger partial charge in [-0.25, -0.2) is 13.8 Å². The van der Waals surface area contributed by atoms with Crippen LogP contribution in [0.3, 0.4) is 0 Å². The lowest BCUT2D eigenvalue weighted by atomic mass is 10.2. The number of aromatic nitrogens is 1. The molecule has 6 heteroatoms. The third kappa shape index (κ3) is 2.90. The van der Waals surface area contributed by atoms with E-state index in [1.807, 2.05) is 0 Å². The number of amides is 1. The molecule has 0 aliphatic rings. The van der Waals surface area contributed by atoms with Crippen molar-refractivity contribution in [3.8, 4) is 0 Å². The lowest BCUT2D eigenvalue weighted by Gasteiger charge is -2.07. The fraction of sp³-hybridized carbons (Fsp3) is 0.0769. The molecule has 0 spiro atoms. The minimum Gasteiger partial charge on any atom is -0.318 e. The van der Waals surface area contributed by atoms with Gasteiger partial charge in [-0.15, -0.1) is 0 Å². The SMILES string of the molecule is Cc1cc(F)c(NC(=O)c2cccc(F)n2)cc1F. The molecule has 1 amide bonds. The highest BCUT2D eigenvalue weighted by molar-refractivity contribution is 6.02. The van der Waals surface area contributed by atoms with E-state index in [-0.39, 0.29) is 16.9 Å². The van der Waals surface area contributed by atoms with Crippen molar-refractivity contribution in [3.63, 3.8) is 0 Å². The van der Waals surface area contributed by atoms with Gasteiger partial charge in [0, 0.05) is 6.07 Å². The van der Waals surface area contributed by atoms with Crippen LogP contribution in [0.4, 0.5) is 18.9 Å². The first-order valence-corrected chi connectivity index (χ1v) is 5.37. The van der Waals surface area contributed by atoms with Crippen molar-refractivity contribution < 1.29 is 18.0 Å². The van der Waals surface area contributed by atoms with Gasteiger partial charge >= 0.3 is 0 Å². The molecule has 1 aromatic heterocycles. The summed E-state index contributed by atoms with van der Waals surface area (Å²) in [6.45, 7) is 1.40. The molecule has 0 bridgehead atoms. The van der Waals surface area contributed by atoms with E-state index in [4.69, 9.17) is 0 Å². The molecule has 0 atom stereocenters. The number of hydrogen-bond donors (Lipinski definition) is 1. The molecule has 1 heterocycles. The number of anilines is 1. The van der Waals surface area contributed by atoms with Crippen LogP contribution in [0.1, 0.15) is 16.1 Å². The van der Waals surface area contributed by atoms with E-state index < -0.39 is 23.5 Å². The number of benzene rings is 1. The van der Waals surface area contributed by atoms with E-state index in [1.165, 1.54) is 19.1 Å². The zero-order valence-electron chi connectivity index (χ0n) is 9.88. The summed E-state index contributed by atoms with van der Waals surface area (Å²) in [6.07, 6.45) is 0. The van der Waals surface area contributed by atoms with Crippen LogP contribution in [-0.4, -0.2) is 10.9 Å². The van der Waals surface area contributed by atoms with Crippen molar-refractivity contribution >= 4 is 11.6 Å². The zero-order valence-corrected chi connectivity index (χ0v) is 9.88. The van der Waals surface area contributed by atoms with Gasteiger partial charge in [-0.1, -0.05) is 6.07 Å². The Morgan fingerprint density at radius 1 is 1.16 bits per heavy atom. The molecule has 1 N–H and O–H groups in total. The van der Waals surface area contributed by atoms with Crippen LogP contribution in [0, 0.1) is 24.5 Å². The van der Waals surface area contributed by atoms with Gasteiger partial charge in [0.1, 0.15) is 17.3 Å². The van der Waals surface area contributed by atoms with E-state index in [9.17, 15) is 18.0 Å². The Morgan fingerprint density at radius 2 is 1.89 bits per heavy atom. The van der Waals surface area contributed by atoms with Gasteiger partial charge in [0.05, 0.1) is 5.69 Å². The van der Waals surface area contributed by atoms with Crippen molar-refractivity contribution in [3.05, 3.63) is 59.2 Å². The van der Waals surface area contributed by atoms with Gasteiger partial charge in [-0.05, 0) is 30.7 Å². The van der Waals surface area contributed by atoms with Crippen LogP contribution in [0.5, 0.6) is 0 Å². The number of carbonyl (C=O) groups excluding carboxylic acids is 1. The number of nitrogens with zero attached hydrogens (tertiary/aromatic N) is 1. The van der Waals surface area contributed by atoms with Crippen LogP contribution >= 0.6 is 0 Å². The van der Waals surface area contributed by atoms with E-state index in [0.29, 0.717) is 0 Å². The van der Waals surface area contributed by atoms with Gasteiger partial charge in [0.2, 0.25) is 5.95 Å². The summed E-state index contributed by atoms with van der Waals surface area (Å²) >= 11 is 0. The maximum atomic E-state index is 13.5. The smallest absolute Gasteiger partial charge is 0.274 e. The summed E-state index contributed by atoms with van der Waals surface area (Å²) < 4.78 is 39.6. The molecule has 0 unspecified atom stereocenters. The van der Waals surface area contributed by atoms with Crippen LogP contribution in [0.2, 0.25) is 0 Å². The largest absolute Gasteiger partial charge is 0.318 e. The predicted octanol–water partition coefficient (Wildman–Crippen LogP) is 3.06. The molecule has 0 saturated heterocycles. The molecule has 2 rings (SSSR count). The van der Waals surface area contributed by atoms with Crippen molar-refractivity contribution in [2.24, 2.45) is 0 Å². The first-order valence-electron chi connectivity index (χ1n) is 5.37. The van der Waals surface area contributed by atoms with E-state index >= 15 is 0 Å². The molecule has 3 nitrogen and oxygen atoms in total. The highest BCUT2D eigenvalue weighted by Gasteiger charge is 2.13. The fourth-order valence-corrected chi connectivity index (χ4v) is 1.46. The Labute approximate surface area is 107 Å². The average molecular weight is 266 g/mol. The van der Waals surface area contributed by atoms with Crippen LogP contribution in [0.25, 0.3) is 0 Å². The van der Waals surface area contributed by atoms with Gasteiger partial charge in [0.25, 0.3) is 5.91 Å². The maximum absolute atomic E-state index is 13.5. The molecule has 2 aromatic rings. The molecular weight excluding hydrogens is 257 g/mol. The molecule has 0 aliphatic carbocycles. The number of rotatable bonds is 2. The number of aryl methyl sites for hydroxylation is 1. The summed E-state index contributed by atoms with van der Waals surface area (Å²) in [5.41, 5.74) is -0.418. The Bertz CT molecular complexity index is 644. The summed E-state index contributed by atoms with van der Waals surface area (Å²) in [5.74, 6) is -3.07. The lowest BCUT2D eigenvalue weighted by molar-refractivity contribution is 0.102. The summed E-state index contributed by atoms with van der Waals surface area (Å²) in [5, 5.41) is 2.14. The normalized spacial score (nSPS) is 10.3. The molecule has 0 fully saturated rings. The average Bonchev–Trinajstić information content (AvgIpc) is 2.36. The molecule has 0 radical (unpaired) electrons. The second-order valence-electron chi connectivity index (χ2n) is 3.88. The topological polar surface area (TPSA) is 42.0 Å². The Hall–Kier alpha value is -2.37. The van der Waals surface area contributed by atoms with Crippen LogP contribution < -0.4 is 5.32 Å². The second kappa shape index (κ2) is 5.09. The third-order valence-electron chi connectivity index (χ3n) is 2.44. The molecule has 98 valence electrons. The number of nitrogens with one attached hydrogen (secondary N) is 1. The number of halogens is 3. The molecule has 1 aromatic carbocycles. The van der Waals surface area contributed by atoms with Crippen LogP contribution in [-0.2, 0) is 0 Å². The van der Waals surface area contributed by atoms with Crippen molar-refractivity contribution in [2.45, 2.75) is 6.92 Å². The third-order valence-corrected chi connectivity index (χ3v) is 2.44. The predicted molar refractivity (Wildman–Crippen MR) is 63.2 cm³/mol. The quantitative estimate of drug-likeness (QED) is 0.849. The van der Waals surface area contributed by atoms with Crippen molar-refractivity contribution in [2.75, 3.05) is 5.32 Å². The van der Waals surface area contributed by atoms with Crippen molar-refractivity contribution in [1.82, 2.24) is 4.98 Å². The molecular formula is C13H9F3N2O. The summed E-state index contributed by atoms with van der Waals surface area (Å²) in [6, 6.07) is 5.46. The summed E-state index contributed by atoms with van der Waals surface area (Å²) in [7, 11) is 0.